The van der Waals surface area contributed by atoms with Gasteiger partial charge in [-0.15, -0.1) is 18.3 Å². The second-order valence-corrected chi connectivity index (χ2v) is 12.7. The number of thioether (sulfide) groups is 1. The molecule has 7 atom stereocenters. The van der Waals surface area contributed by atoms with Crippen molar-refractivity contribution < 1.29 is 24.6 Å². The fourth-order valence-electron chi connectivity index (χ4n) is 6.77. The third-order valence-electron chi connectivity index (χ3n) is 8.09. The van der Waals surface area contributed by atoms with Crippen LogP contribution in [0.2, 0.25) is 5.02 Å². The van der Waals surface area contributed by atoms with E-state index in [1.54, 1.807) is 17.0 Å². The first-order valence-electron chi connectivity index (χ1n) is 12.5. The average Bonchev–Trinajstić information content (AvgIpc) is 3.40. The van der Waals surface area contributed by atoms with Crippen LogP contribution in [0.15, 0.2) is 30.9 Å². The molecule has 7 nitrogen and oxygen atoms in total. The molecular weight excluding hydrogens is 500 g/mol. The molecule has 2 bridgehead atoms. The standard InChI is InChI=1S/C27H35ClN2O5S/c1-6-10-29(22-15(4)8-7-9-18(22)28)25(33)23-27-16(5)12-19(36-27)20(26(34)35)21(27)24(32)30(23)17(13-31)11-14(2)3/h6-9,14,16-17,19-21,23,31H,1,10-13H2,2-5H3,(H,34,35)/t16?,17-,19-,20+,21+,23?,27?/m1/s1. The first kappa shape index (κ1) is 27.0. The number of benzene rings is 1. The molecule has 4 rings (SSSR count). The Hall–Kier alpha value is -2.03. The highest BCUT2D eigenvalue weighted by atomic mass is 35.5. The van der Waals surface area contributed by atoms with E-state index >= 15 is 0 Å². The van der Waals surface area contributed by atoms with Crippen molar-refractivity contribution in [2.45, 2.75) is 62.6 Å². The zero-order valence-corrected chi connectivity index (χ0v) is 22.8. The van der Waals surface area contributed by atoms with Crippen molar-refractivity contribution >= 4 is 46.8 Å². The molecule has 3 heterocycles. The number of fused-ring (bicyclic) bond motifs is 1. The lowest BCUT2D eigenvalue weighted by Gasteiger charge is -2.42. The number of aliphatic carboxylic acids is 1. The number of halogens is 1. The average molecular weight is 535 g/mol. The minimum atomic E-state index is -0.998. The van der Waals surface area contributed by atoms with Gasteiger partial charge in [0.1, 0.15) is 6.04 Å². The molecule has 0 aromatic heterocycles. The molecule has 2 N–H and O–H groups in total. The van der Waals surface area contributed by atoms with Gasteiger partial charge < -0.3 is 20.0 Å². The van der Waals surface area contributed by atoms with Crippen LogP contribution < -0.4 is 4.90 Å². The Balaban J connectivity index is 1.90. The van der Waals surface area contributed by atoms with E-state index in [4.69, 9.17) is 11.6 Å². The number of aliphatic hydroxyl groups is 1. The molecule has 1 spiro atoms. The fraction of sp³-hybridized carbons (Fsp3) is 0.593. The molecule has 0 radical (unpaired) electrons. The maximum absolute atomic E-state index is 14.6. The van der Waals surface area contributed by atoms with Gasteiger partial charge in [-0.1, -0.05) is 50.6 Å². The van der Waals surface area contributed by atoms with Gasteiger partial charge in [0.05, 0.1) is 39.9 Å². The number of para-hydroxylation sites is 1. The van der Waals surface area contributed by atoms with Crippen LogP contribution in [-0.4, -0.2) is 68.1 Å². The fourth-order valence-corrected chi connectivity index (χ4v) is 9.49. The summed E-state index contributed by atoms with van der Waals surface area (Å²) >= 11 is 8.08. The number of rotatable bonds is 9. The number of anilines is 1. The number of carboxylic acid groups (broad SMARTS) is 1. The predicted octanol–water partition coefficient (Wildman–Crippen LogP) is 4.00. The first-order valence-corrected chi connectivity index (χ1v) is 13.8. The van der Waals surface area contributed by atoms with Crippen molar-refractivity contribution in [3.05, 3.63) is 41.4 Å². The largest absolute Gasteiger partial charge is 0.481 e. The van der Waals surface area contributed by atoms with Crippen LogP contribution in [0.5, 0.6) is 0 Å². The van der Waals surface area contributed by atoms with Crippen LogP contribution in [0.1, 0.15) is 39.2 Å². The summed E-state index contributed by atoms with van der Waals surface area (Å²) in [5, 5.41) is 20.7. The lowest BCUT2D eigenvalue weighted by molar-refractivity contribution is -0.149. The van der Waals surface area contributed by atoms with Gasteiger partial charge in [-0.2, -0.15) is 0 Å². The van der Waals surface area contributed by atoms with Gasteiger partial charge in [-0.3, -0.25) is 14.4 Å². The van der Waals surface area contributed by atoms with Crippen LogP contribution in [0, 0.1) is 30.6 Å². The number of carboxylic acids is 1. The molecule has 0 aliphatic carbocycles. The highest BCUT2D eigenvalue weighted by Crippen LogP contribution is 2.69. The van der Waals surface area contributed by atoms with Crippen LogP contribution in [0.3, 0.4) is 0 Å². The van der Waals surface area contributed by atoms with E-state index in [-0.39, 0.29) is 42.1 Å². The SMILES string of the molecule is C=CCN(C(=O)C1N([C@@H](CO)CC(C)C)C(=O)[C@@H]2[C@@H](C(=O)O)[C@H]3CC(C)C12S3)c1c(C)cccc1Cl. The zero-order valence-electron chi connectivity index (χ0n) is 21.2. The van der Waals surface area contributed by atoms with Gasteiger partial charge in [0.15, 0.2) is 0 Å². The number of amides is 2. The van der Waals surface area contributed by atoms with Gasteiger partial charge in [-0.25, -0.2) is 0 Å². The molecular formula is C27H35ClN2O5S. The third kappa shape index (κ3) is 3.96. The number of nitrogens with zero attached hydrogens (tertiary/aromatic N) is 2. The Morgan fingerprint density at radius 2 is 2.08 bits per heavy atom. The molecule has 196 valence electrons. The summed E-state index contributed by atoms with van der Waals surface area (Å²) in [4.78, 5) is 44.2. The van der Waals surface area contributed by atoms with Crippen molar-refractivity contribution in [2.75, 3.05) is 18.1 Å². The van der Waals surface area contributed by atoms with Crippen molar-refractivity contribution in [1.29, 1.82) is 0 Å². The van der Waals surface area contributed by atoms with Crippen molar-refractivity contribution in [2.24, 2.45) is 23.7 Å². The monoisotopic (exact) mass is 534 g/mol. The summed E-state index contributed by atoms with van der Waals surface area (Å²) < 4.78 is -0.888. The molecule has 2 amide bonds. The molecule has 3 unspecified atom stereocenters. The van der Waals surface area contributed by atoms with Crippen LogP contribution in [-0.2, 0) is 14.4 Å². The summed E-state index contributed by atoms with van der Waals surface area (Å²) in [5.74, 6) is -3.20. The van der Waals surface area contributed by atoms with E-state index in [1.807, 2.05) is 39.8 Å². The van der Waals surface area contributed by atoms with Crippen molar-refractivity contribution in [3.8, 4) is 0 Å². The molecule has 3 fully saturated rings. The maximum atomic E-state index is 14.6. The van der Waals surface area contributed by atoms with Crippen molar-refractivity contribution in [3.63, 3.8) is 0 Å². The van der Waals surface area contributed by atoms with E-state index in [0.29, 0.717) is 23.6 Å². The van der Waals surface area contributed by atoms with Gasteiger partial charge in [0, 0.05) is 11.8 Å². The Bertz CT molecular complexity index is 1060. The lowest BCUT2D eigenvalue weighted by atomic mass is 9.66. The molecule has 3 aliphatic rings. The third-order valence-corrected chi connectivity index (χ3v) is 10.5. The number of carbonyl (C=O) groups excluding carboxylic acids is 2. The normalized spacial score (nSPS) is 31.6. The van der Waals surface area contributed by atoms with Gasteiger partial charge in [0.25, 0.3) is 5.91 Å². The van der Waals surface area contributed by atoms with E-state index in [0.717, 1.165) is 5.56 Å². The Morgan fingerprint density at radius 3 is 2.64 bits per heavy atom. The number of hydrogen-bond donors (Lipinski definition) is 2. The number of hydrogen-bond acceptors (Lipinski definition) is 5. The minimum absolute atomic E-state index is 0.0488. The summed E-state index contributed by atoms with van der Waals surface area (Å²) in [5.41, 5.74) is 1.36. The molecule has 9 heteroatoms. The Kier molecular flexibility index (Phi) is 7.53. The summed E-state index contributed by atoms with van der Waals surface area (Å²) in [6, 6.07) is 3.90. The highest BCUT2D eigenvalue weighted by Gasteiger charge is 2.77. The highest BCUT2D eigenvalue weighted by molar-refractivity contribution is 8.02. The van der Waals surface area contributed by atoms with Crippen LogP contribution >= 0.6 is 23.4 Å². The number of aliphatic hydroxyl groups excluding tert-OH is 1. The smallest absolute Gasteiger partial charge is 0.308 e. The molecule has 3 aliphatic heterocycles. The number of likely N-dealkylation sites (tertiary alicyclic amines) is 1. The summed E-state index contributed by atoms with van der Waals surface area (Å²) in [6.07, 6.45) is 2.75. The van der Waals surface area contributed by atoms with E-state index in [1.165, 1.54) is 16.7 Å². The maximum Gasteiger partial charge on any atom is 0.308 e. The molecule has 36 heavy (non-hydrogen) atoms. The van der Waals surface area contributed by atoms with E-state index in [2.05, 4.69) is 6.58 Å². The van der Waals surface area contributed by atoms with Gasteiger partial charge in [-0.05, 0) is 43.2 Å². The molecule has 1 aromatic carbocycles. The second kappa shape index (κ2) is 10.0. The quantitative estimate of drug-likeness (QED) is 0.465. The van der Waals surface area contributed by atoms with Crippen LogP contribution in [0.25, 0.3) is 0 Å². The minimum Gasteiger partial charge on any atom is -0.481 e. The van der Waals surface area contributed by atoms with Crippen LogP contribution in [0.4, 0.5) is 5.69 Å². The van der Waals surface area contributed by atoms with Gasteiger partial charge >= 0.3 is 5.97 Å². The number of aryl methyl sites for hydroxylation is 1. The second-order valence-electron chi connectivity index (χ2n) is 10.7. The van der Waals surface area contributed by atoms with Crippen molar-refractivity contribution in [1.82, 2.24) is 4.90 Å². The van der Waals surface area contributed by atoms with Gasteiger partial charge in [0.2, 0.25) is 5.91 Å². The Labute approximate surface area is 221 Å². The topological polar surface area (TPSA) is 98.2 Å². The van der Waals surface area contributed by atoms with E-state index < -0.39 is 34.6 Å². The van der Waals surface area contributed by atoms with E-state index in [9.17, 15) is 24.6 Å². The molecule has 0 saturated carbocycles. The Morgan fingerprint density at radius 1 is 1.39 bits per heavy atom. The summed E-state index contributed by atoms with van der Waals surface area (Å²) in [7, 11) is 0. The number of carbonyl (C=O) groups is 3. The summed E-state index contributed by atoms with van der Waals surface area (Å²) in [6.45, 7) is 11.6. The predicted molar refractivity (Wildman–Crippen MR) is 142 cm³/mol. The first-order chi connectivity index (χ1) is 17.0. The zero-order chi connectivity index (χ0) is 26.5. The lowest BCUT2D eigenvalue weighted by Crippen LogP contribution is -2.59. The molecule has 3 saturated heterocycles. The molecule has 1 aromatic rings.